The Balaban J connectivity index is 1.69. The average molecular weight is 476 g/mol. The van der Waals surface area contributed by atoms with Crippen molar-refractivity contribution < 1.29 is 23.5 Å². The summed E-state index contributed by atoms with van der Waals surface area (Å²) in [6.07, 6.45) is 2.73. The molecule has 1 aromatic heterocycles. The first-order valence-electron chi connectivity index (χ1n) is 12.3. The third-order valence-corrected chi connectivity index (χ3v) is 6.80. The van der Waals surface area contributed by atoms with Gasteiger partial charge in [0, 0.05) is 29.6 Å². The molecule has 2 aliphatic rings. The van der Waals surface area contributed by atoms with Crippen LogP contribution in [0.25, 0.3) is 0 Å². The number of hydrogen-bond acceptors (Lipinski definition) is 6. The third-order valence-electron chi connectivity index (χ3n) is 6.80. The highest BCUT2D eigenvalue weighted by Crippen LogP contribution is 2.33. The number of amides is 2. The fourth-order valence-electron chi connectivity index (χ4n) is 5.15. The maximum atomic E-state index is 13.3. The molecule has 3 rings (SSSR count). The monoisotopic (exact) mass is 475 g/mol. The molecule has 2 N–H and O–H groups in total. The van der Waals surface area contributed by atoms with Crippen molar-refractivity contribution >= 4 is 17.8 Å². The number of methoxy groups -OCH3 is 1. The van der Waals surface area contributed by atoms with Gasteiger partial charge in [-0.1, -0.05) is 20.8 Å². The fraction of sp³-hybridized carbons (Fsp3) is 0.731. The lowest BCUT2D eigenvalue weighted by Gasteiger charge is -2.41. The van der Waals surface area contributed by atoms with Gasteiger partial charge in [-0.25, -0.2) is 0 Å². The molecule has 0 bridgehead atoms. The molecule has 0 radical (unpaired) electrons. The van der Waals surface area contributed by atoms with E-state index >= 15 is 0 Å². The highest BCUT2D eigenvalue weighted by atomic mass is 16.5. The summed E-state index contributed by atoms with van der Waals surface area (Å²) in [6.45, 7) is 14.7. The van der Waals surface area contributed by atoms with E-state index in [-0.39, 0.29) is 46.7 Å². The maximum Gasteiger partial charge on any atom is 0.310 e. The van der Waals surface area contributed by atoms with Crippen LogP contribution in [0.4, 0.5) is 0 Å². The van der Waals surface area contributed by atoms with Crippen LogP contribution in [0.1, 0.15) is 89.1 Å². The van der Waals surface area contributed by atoms with Crippen LogP contribution >= 0.6 is 0 Å². The molecule has 34 heavy (non-hydrogen) atoms. The Morgan fingerprint density at radius 3 is 2.35 bits per heavy atom. The Morgan fingerprint density at radius 2 is 1.79 bits per heavy atom. The van der Waals surface area contributed by atoms with E-state index < -0.39 is 6.04 Å². The second-order valence-electron chi connectivity index (χ2n) is 11.8. The van der Waals surface area contributed by atoms with Crippen LogP contribution in [0, 0.1) is 12.8 Å². The van der Waals surface area contributed by atoms with Gasteiger partial charge in [-0.05, 0) is 59.4 Å². The van der Waals surface area contributed by atoms with Crippen molar-refractivity contribution in [3.63, 3.8) is 0 Å². The summed E-state index contributed by atoms with van der Waals surface area (Å²) in [4.78, 5) is 40.7. The molecule has 8 heteroatoms. The standard InChI is InChI=1S/C26H41N3O5/c1-15-17(14-21(34-15)25(2,3)4)22(30)27-19-11-12-29(23(19)31)20-10-9-16(28-26(5,6)7)13-18(20)24(32)33-8/h14,16,18-20,28H,9-13H2,1-8H3,(H,27,30)/t16-,18-,19+,20+/m1/s1. The van der Waals surface area contributed by atoms with Crippen molar-refractivity contribution in [3.05, 3.63) is 23.2 Å². The third kappa shape index (κ3) is 5.82. The van der Waals surface area contributed by atoms with Crippen molar-refractivity contribution in [1.82, 2.24) is 15.5 Å². The SMILES string of the molecule is COC(=O)[C@@H]1C[C@H](NC(C)(C)C)CC[C@@H]1N1CC[C@H](NC(=O)c2cc(C(C)(C)C)oc2C)C1=O. The van der Waals surface area contributed by atoms with Crippen molar-refractivity contribution in [2.45, 2.75) is 103 Å². The van der Waals surface area contributed by atoms with Gasteiger partial charge in [0.2, 0.25) is 5.91 Å². The van der Waals surface area contributed by atoms with Gasteiger partial charge in [0.1, 0.15) is 17.6 Å². The lowest BCUT2D eigenvalue weighted by molar-refractivity contribution is -0.151. The molecule has 1 aliphatic carbocycles. The summed E-state index contributed by atoms with van der Waals surface area (Å²) in [5.41, 5.74) is 0.180. The fourth-order valence-corrected chi connectivity index (χ4v) is 5.15. The number of rotatable bonds is 5. The van der Waals surface area contributed by atoms with E-state index in [2.05, 4.69) is 31.4 Å². The number of carbonyl (C=O) groups excluding carboxylic acids is 3. The van der Waals surface area contributed by atoms with Gasteiger partial charge in [0.05, 0.1) is 18.6 Å². The molecular formula is C26H41N3O5. The molecule has 8 nitrogen and oxygen atoms in total. The first kappa shape index (κ1) is 26.3. The van der Waals surface area contributed by atoms with Gasteiger partial charge < -0.3 is 24.7 Å². The lowest BCUT2D eigenvalue weighted by atomic mass is 9.80. The van der Waals surface area contributed by atoms with E-state index in [1.54, 1.807) is 17.9 Å². The molecule has 4 atom stereocenters. The number of likely N-dealkylation sites (tertiary alicyclic amines) is 1. The van der Waals surface area contributed by atoms with Crippen molar-refractivity contribution in [2.75, 3.05) is 13.7 Å². The number of ether oxygens (including phenoxy) is 1. The summed E-state index contributed by atoms with van der Waals surface area (Å²) in [5, 5.41) is 6.48. The maximum absolute atomic E-state index is 13.3. The van der Waals surface area contributed by atoms with Gasteiger partial charge in [0.15, 0.2) is 0 Å². The van der Waals surface area contributed by atoms with E-state index in [9.17, 15) is 14.4 Å². The average Bonchev–Trinajstić information content (AvgIpc) is 3.29. The predicted octanol–water partition coefficient (Wildman–Crippen LogP) is 3.31. The number of aryl methyl sites for hydroxylation is 1. The highest BCUT2D eigenvalue weighted by Gasteiger charge is 2.45. The molecule has 2 amide bonds. The highest BCUT2D eigenvalue weighted by molar-refractivity contribution is 5.99. The van der Waals surface area contributed by atoms with Gasteiger partial charge in [0.25, 0.3) is 5.91 Å². The minimum Gasteiger partial charge on any atom is -0.469 e. The number of carbonyl (C=O) groups is 3. The first-order valence-corrected chi connectivity index (χ1v) is 12.3. The lowest BCUT2D eigenvalue weighted by Crippen LogP contribution is -2.55. The summed E-state index contributed by atoms with van der Waals surface area (Å²) in [7, 11) is 1.40. The van der Waals surface area contributed by atoms with Crippen molar-refractivity contribution in [1.29, 1.82) is 0 Å². The van der Waals surface area contributed by atoms with Crippen LogP contribution in [0.3, 0.4) is 0 Å². The van der Waals surface area contributed by atoms with Crippen LogP contribution in [0.15, 0.2) is 10.5 Å². The van der Waals surface area contributed by atoms with Gasteiger partial charge in [-0.2, -0.15) is 0 Å². The smallest absolute Gasteiger partial charge is 0.310 e. The summed E-state index contributed by atoms with van der Waals surface area (Å²) in [5.74, 6) is 0.166. The van der Waals surface area contributed by atoms with Crippen LogP contribution in [-0.2, 0) is 19.7 Å². The second kappa shape index (κ2) is 9.72. The van der Waals surface area contributed by atoms with Crippen molar-refractivity contribution in [3.8, 4) is 0 Å². The van der Waals surface area contributed by atoms with E-state index in [0.717, 1.165) is 18.6 Å². The zero-order valence-electron chi connectivity index (χ0n) is 21.9. The molecule has 0 unspecified atom stereocenters. The molecule has 0 spiro atoms. The predicted molar refractivity (Wildman–Crippen MR) is 130 cm³/mol. The van der Waals surface area contributed by atoms with Crippen LogP contribution in [0.2, 0.25) is 0 Å². The molecule has 2 heterocycles. The Labute approximate surface area is 203 Å². The van der Waals surface area contributed by atoms with Crippen LogP contribution in [-0.4, -0.2) is 60.0 Å². The Hall–Kier alpha value is -2.35. The van der Waals surface area contributed by atoms with Gasteiger partial charge >= 0.3 is 5.97 Å². The molecule has 190 valence electrons. The van der Waals surface area contributed by atoms with Crippen molar-refractivity contribution in [2.24, 2.45) is 5.92 Å². The van der Waals surface area contributed by atoms with Gasteiger partial charge in [-0.15, -0.1) is 0 Å². The van der Waals surface area contributed by atoms with Crippen LogP contribution in [0.5, 0.6) is 0 Å². The van der Waals surface area contributed by atoms with E-state index in [0.29, 0.717) is 30.7 Å². The van der Waals surface area contributed by atoms with E-state index in [1.165, 1.54) is 7.11 Å². The Kier molecular flexibility index (Phi) is 7.51. The number of hydrogen-bond donors (Lipinski definition) is 2. The minimum atomic E-state index is -0.608. The normalized spacial score (nSPS) is 26.0. The molecule has 1 aliphatic heterocycles. The van der Waals surface area contributed by atoms with E-state index in [1.807, 2.05) is 20.8 Å². The minimum absolute atomic E-state index is 0.0604. The summed E-state index contributed by atoms with van der Waals surface area (Å²) < 4.78 is 10.9. The van der Waals surface area contributed by atoms with Gasteiger partial charge in [-0.3, -0.25) is 14.4 Å². The number of furan rings is 1. The number of nitrogens with zero attached hydrogens (tertiary/aromatic N) is 1. The first-order chi connectivity index (χ1) is 15.7. The molecular weight excluding hydrogens is 434 g/mol. The van der Waals surface area contributed by atoms with E-state index in [4.69, 9.17) is 9.15 Å². The van der Waals surface area contributed by atoms with Crippen LogP contribution < -0.4 is 10.6 Å². The number of nitrogens with one attached hydrogen (secondary N) is 2. The summed E-state index contributed by atoms with van der Waals surface area (Å²) in [6, 6.07) is 1.12. The molecule has 1 saturated heterocycles. The zero-order chi connectivity index (χ0) is 25.4. The topological polar surface area (TPSA) is 101 Å². The largest absolute Gasteiger partial charge is 0.469 e. The second-order valence-corrected chi connectivity index (χ2v) is 11.8. The quantitative estimate of drug-likeness (QED) is 0.634. The summed E-state index contributed by atoms with van der Waals surface area (Å²) >= 11 is 0. The zero-order valence-corrected chi connectivity index (χ0v) is 21.9. The molecule has 0 aromatic carbocycles. The Morgan fingerprint density at radius 1 is 1.12 bits per heavy atom. The molecule has 2 fully saturated rings. The molecule has 1 saturated carbocycles. The number of esters is 1. The molecule has 1 aromatic rings. The Bertz CT molecular complexity index is 924.